The zero-order chi connectivity index (χ0) is 20.4. The number of amides is 1. The van der Waals surface area contributed by atoms with Crippen molar-refractivity contribution in [2.45, 2.75) is 32.6 Å². The summed E-state index contributed by atoms with van der Waals surface area (Å²) in [6, 6.07) is 8.10. The third-order valence-electron chi connectivity index (χ3n) is 5.08. The smallest absolute Gasteiger partial charge is 0.291 e. The van der Waals surface area contributed by atoms with Gasteiger partial charge in [-0.05, 0) is 31.5 Å². The Bertz CT molecular complexity index is 1010. The number of aryl methyl sites for hydroxylation is 2. The number of hydrogen-bond acceptors (Lipinski definition) is 5. The van der Waals surface area contributed by atoms with E-state index in [4.69, 9.17) is 9.15 Å². The maximum atomic E-state index is 13.2. The molecular weight excluding hydrogens is 375 g/mol. The summed E-state index contributed by atoms with van der Waals surface area (Å²) >= 11 is 0. The molecule has 0 radical (unpaired) electrons. The molecule has 0 aliphatic carbocycles. The molecule has 3 heterocycles. The van der Waals surface area contributed by atoms with Gasteiger partial charge in [0, 0.05) is 44.1 Å². The Kier molecular flexibility index (Phi) is 5.33. The third-order valence-corrected chi connectivity index (χ3v) is 5.08. The number of H-pyrrole nitrogens is 1. The second kappa shape index (κ2) is 8.06. The molecule has 1 amide bonds. The molecule has 0 saturated carbocycles. The second-order valence-electron chi connectivity index (χ2n) is 7.26. The highest BCUT2D eigenvalue weighted by atomic mass is 19.1. The van der Waals surface area contributed by atoms with Crippen molar-refractivity contribution in [3.8, 4) is 5.75 Å². The quantitative estimate of drug-likeness (QED) is 0.688. The minimum atomic E-state index is -0.317. The largest absolute Gasteiger partial charge is 0.493 e. The van der Waals surface area contributed by atoms with Crippen LogP contribution in [0.3, 0.4) is 0 Å². The first-order valence-corrected chi connectivity index (χ1v) is 9.65. The van der Waals surface area contributed by atoms with Crippen molar-refractivity contribution >= 4 is 5.91 Å². The highest BCUT2D eigenvalue weighted by molar-refractivity contribution is 5.92. The molecule has 1 aromatic carbocycles. The van der Waals surface area contributed by atoms with Gasteiger partial charge >= 0.3 is 0 Å². The number of nitrogens with one attached hydrogen (secondary N) is 1. The van der Waals surface area contributed by atoms with Crippen LogP contribution in [0.1, 0.15) is 45.9 Å². The Morgan fingerprint density at radius 3 is 3.00 bits per heavy atom. The van der Waals surface area contributed by atoms with E-state index in [1.807, 2.05) is 6.07 Å². The van der Waals surface area contributed by atoms with Gasteiger partial charge in [-0.2, -0.15) is 5.10 Å². The molecular formula is C21H23FN4O3. The number of ether oxygens (including phenoxy) is 1. The van der Waals surface area contributed by atoms with Crippen molar-refractivity contribution in [2.75, 3.05) is 19.7 Å². The van der Waals surface area contributed by atoms with Crippen LogP contribution in [0.4, 0.5) is 4.39 Å². The molecule has 2 aromatic heterocycles. The summed E-state index contributed by atoms with van der Waals surface area (Å²) in [7, 11) is 0. The number of aromatic amines is 1. The van der Waals surface area contributed by atoms with Gasteiger partial charge in [-0.15, -0.1) is 0 Å². The molecule has 3 aromatic rings. The molecule has 152 valence electrons. The normalized spacial score (nSPS) is 16.4. The predicted octanol–water partition coefficient (Wildman–Crippen LogP) is 3.40. The average Bonchev–Trinajstić information content (AvgIpc) is 3.41. The molecule has 1 aliphatic heterocycles. The zero-order valence-corrected chi connectivity index (χ0v) is 16.4. The summed E-state index contributed by atoms with van der Waals surface area (Å²) in [5.74, 6) is 1.07. The fraction of sp³-hybridized carbons (Fsp3) is 0.381. The van der Waals surface area contributed by atoms with E-state index in [9.17, 15) is 9.18 Å². The van der Waals surface area contributed by atoms with Crippen LogP contribution in [0.2, 0.25) is 0 Å². The second-order valence-corrected chi connectivity index (χ2v) is 7.26. The molecule has 29 heavy (non-hydrogen) atoms. The van der Waals surface area contributed by atoms with Crippen molar-refractivity contribution in [2.24, 2.45) is 0 Å². The predicted molar refractivity (Wildman–Crippen MR) is 103 cm³/mol. The fourth-order valence-corrected chi connectivity index (χ4v) is 3.61. The molecule has 1 atom stereocenters. The molecule has 8 heteroatoms. The molecule has 1 N–H and O–H groups in total. The van der Waals surface area contributed by atoms with Gasteiger partial charge in [-0.3, -0.25) is 9.89 Å². The SMILES string of the molecule is Cc1nc(C)c(C(=O)N2CCC(c3cc(CCOc4cccc(F)c4)[nH]n3)C2)o1. The van der Waals surface area contributed by atoms with Crippen LogP contribution in [0, 0.1) is 19.7 Å². The van der Waals surface area contributed by atoms with E-state index in [2.05, 4.69) is 15.2 Å². The first-order chi connectivity index (χ1) is 14.0. The summed E-state index contributed by atoms with van der Waals surface area (Å²) < 4.78 is 24.2. The zero-order valence-electron chi connectivity index (χ0n) is 16.4. The molecule has 7 nitrogen and oxygen atoms in total. The topological polar surface area (TPSA) is 84.3 Å². The maximum Gasteiger partial charge on any atom is 0.291 e. The van der Waals surface area contributed by atoms with Crippen molar-refractivity contribution in [3.05, 3.63) is 64.9 Å². The van der Waals surface area contributed by atoms with E-state index < -0.39 is 0 Å². The maximum absolute atomic E-state index is 13.2. The van der Waals surface area contributed by atoms with Crippen molar-refractivity contribution < 1.29 is 18.3 Å². The highest BCUT2D eigenvalue weighted by Gasteiger charge is 2.32. The summed E-state index contributed by atoms with van der Waals surface area (Å²) in [6.07, 6.45) is 1.48. The van der Waals surface area contributed by atoms with Crippen molar-refractivity contribution in [3.63, 3.8) is 0 Å². The Balaban J connectivity index is 1.31. The lowest BCUT2D eigenvalue weighted by Gasteiger charge is -2.14. The molecule has 0 bridgehead atoms. The van der Waals surface area contributed by atoms with Gasteiger partial charge in [0.25, 0.3) is 5.91 Å². The first kappa shape index (κ1) is 19.2. The van der Waals surface area contributed by atoms with Gasteiger partial charge in [0.05, 0.1) is 18.0 Å². The lowest BCUT2D eigenvalue weighted by Crippen LogP contribution is -2.28. The fourth-order valence-electron chi connectivity index (χ4n) is 3.61. The van der Waals surface area contributed by atoms with E-state index in [0.29, 0.717) is 49.2 Å². The van der Waals surface area contributed by atoms with Crippen molar-refractivity contribution in [1.29, 1.82) is 0 Å². The summed E-state index contributed by atoms with van der Waals surface area (Å²) in [5.41, 5.74) is 2.51. The number of carbonyl (C=O) groups is 1. The molecule has 1 unspecified atom stereocenters. The van der Waals surface area contributed by atoms with Gasteiger partial charge in [0.1, 0.15) is 11.6 Å². The third kappa shape index (κ3) is 4.31. The standard InChI is InChI=1S/C21H23FN4O3/c1-13-20(29-14(2)23-13)21(27)26-8-6-15(12-26)19-11-17(24-25-19)7-9-28-18-5-3-4-16(22)10-18/h3-5,10-11,15H,6-9,12H2,1-2H3,(H,24,25). The van der Waals surface area contributed by atoms with Crippen LogP contribution in [0.5, 0.6) is 5.75 Å². The first-order valence-electron chi connectivity index (χ1n) is 9.65. The van der Waals surface area contributed by atoms with Crippen LogP contribution >= 0.6 is 0 Å². The molecule has 1 fully saturated rings. The Morgan fingerprint density at radius 1 is 1.38 bits per heavy atom. The monoisotopic (exact) mass is 398 g/mol. The molecule has 1 saturated heterocycles. The van der Waals surface area contributed by atoms with Crippen LogP contribution < -0.4 is 4.74 Å². The van der Waals surface area contributed by atoms with Gasteiger partial charge < -0.3 is 14.1 Å². The Labute approximate surface area is 167 Å². The Hall–Kier alpha value is -3.16. The van der Waals surface area contributed by atoms with E-state index in [1.165, 1.54) is 12.1 Å². The lowest BCUT2D eigenvalue weighted by atomic mass is 10.0. The number of benzene rings is 1. The highest BCUT2D eigenvalue weighted by Crippen LogP contribution is 2.28. The van der Waals surface area contributed by atoms with Crippen molar-refractivity contribution in [1.82, 2.24) is 20.1 Å². The van der Waals surface area contributed by atoms with Gasteiger partial charge in [-0.25, -0.2) is 9.37 Å². The number of aromatic nitrogens is 3. The van der Waals surface area contributed by atoms with Gasteiger partial charge in [0.2, 0.25) is 5.76 Å². The van der Waals surface area contributed by atoms with Crippen LogP contribution in [0.25, 0.3) is 0 Å². The van der Waals surface area contributed by atoms with E-state index in [1.54, 1.807) is 30.9 Å². The average molecular weight is 398 g/mol. The van der Waals surface area contributed by atoms with E-state index in [0.717, 1.165) is 17.8 Å². The number of likely N-dealkylation sites (tertiary alicyclic amines) is 1. The van der Waals surface area contributed by atoms with Gasteiger partial charge in [0.15, 0.2) is 5.89 Å². The number of carbonyl (C=O) groups excluding carboxylic acids is 1. The summed E-state index contributed by atoms with van der Waals surface area (Å²) in [6.45, 7) is 5.20. The number of nitrogens with zero attached hydrogens (tertiary/aromatic N) is 3. The van der Waals surface area contributed by atoms with Crippen LogP contribution in [-0.2, 0) is 6.42 Å². The number of hydrogen-bond donors (Lipinski definition) is 1. The molecule has 1 aliphatic rings. The summed E-state index contributed by atoms with van der Waals surface area (Å²) in [4.78, 5) is 18.6. The number of oxazole rings is 1. The van der Waals surface area contributed by atoms with Gasteiger partial charge in [-0.1, -0.05) is 6.07 Å². The van der Waals surface area contributed by atoms with E-state index in [-0.39, 0.29) is 17.6 Å². The van der Waals surface area contributed by atoms with Crippen LogP contribution in [-0.4, -0.2) is 45.7 Å². The van der Waals surface area contributed by atoms with E-state index >= 15 is 0 Å². The summed E-state index contributed by atoms with van der Waals surface area (Å²) in [5, 5.41) is 7.44. The van der Waals surface area contributed by atoms with Crippen LogP contribution in [0.15, 0.2) is 34.7 Å². The molecule has 4 rings (SSSR count). The minimum Gasteiger partial charge on any atom is -0.493 e. The number of rotatable bonds is 6. The Morgan fingerprint density at radius 2 is 2.24 bits per heavy atom. The lowest BCUT2D eigenvalue weighted by molar-refractivity contribution is 0.0756. The minimum absolute atomic E-state index is 0.121. The number of halogens is 1. The molecule has 0 spiro atoms.